The van der Waals surface area contributed by atoms with E-state index < -0.39 is 41.6 Å². The summed E-state index contributed by atoms with van der Waals surface area (Å²) in [5, 5.41) is 16.6. The maximum absolute atomic E-state index is 14.5. The molecule has 1 heterocycles. The summed E-state index contributed by atoms with van der Waals surface area (Å²) in [6, 6.07) is 18.2. The van der Waals surface area contributed by atoms with Crippen molar-refractivity contribution in [3.05, 3.63) is 101 Å². The molecular weight excluding hydrogens is 558 g/mol. The number of benzene rings is 3. The van der Waals surface area contributed by atoms with Gasteiger partial charge in [-0.25, -0.2) is 9.40 Å². The first kappa shape index (κ1) is 30.2. The first-order chi connectivity index (χ1) is 19.9. The monoisotopic (exact) mass is 585 g/mol. The fraction of sp³-hybridized carbons (Fsp3) is 0.267. The van der Waals surface area contributed by atoms with Crippen molar-refractivity contribution in [2.45, 2.75) is 38.4 Å². The van der Waals surface area contributed by atoms with E-state index in [2.05, 4.69) is 10.4 Å². The second kappa shape index (κ2) is 12.8. The molecular formula is C30H27F4N3O5. The Balaban J connectivity index is 1.55. The number of halogens is 4. The first-order valence-corrected chi connectivity index (χ1v) is 13.0. The van der Waals surface area contributed by atoms with Gasteiger partial charge in [0.2, 0.25) is 11.8 Å². The number of hydrogen-bond donors (Lipinski definition) is 2. The lowest BCUT2D eigenvalue weighted by molar-refractivity contribution is -0.178. The molecule has 0 saturated carbocycles. The maximum atomic E-state index is 14.5. The van der Waals surface area contributed by atoms with E-state index in [1.54, 1.807) is 24.3 Å². The van der Waals surface area contributed by atoms with Crippen molar-refractivity contribution >= 4 is 29.4 Å². The zero-order valence-electron chi connectivity index (χ0n) is 22.4. The lowest BCUT2D eigenvalue weighted by atomic mass is 9.85. The van der Waals surface area contributed by atoms with Gasteiger partial charge in [-0.1, -0.05) is 55.5 Å². The predicted octanol–water partition coefficient (Wildman–Crippen LogP) is 5.48. The van der Waals surface area contributed by atoms with Crippen LogP contribution in [0.5, 0.6) is 0 Å². The summed E-state index contributed by atoms with van der Waals surface area (Å²) in [5.41, 5.74) is 1.29. The molecule has 8 nitrogen and oxygen atoms in total. The minimum Gasteiger partial charge on any atom is -0.481 e. The minimum atomic E-state index is -4.74. The number of carboxylic acids is 1. The number of nitrogens with one attached hydrogen (secondary N) is 1. The van der Waals surface area contributed by atoms with Crippen molar-refractivity contribution in [1.29, 1.82) is 0 Å². The standard InChI is InChI=1S/C30H27F4N3O5/c1-18(30(32,33)34)27(28(41)35-24-15-19(9-13-23(24)31)10-14-26(39)40)21-11-7-20(8-12-21)16-37-25(38)17-42-29(36-37)22-5-3-2-4-6-22/h2-9,11-13,15,18,27H,10,14,16-17H2,1H3,(H,35,41)(H,39,40). The Morgan fingerprint density at radius 3 is 2.36 bits per heavy atom. The Morgan fingerprint density at radius 2 is 1.71 bits per heavy atom. The van der Waals surface area contributed by atoms with E-state index in [1.165, 1.54) is 41.4 Å². The number of nitrogens with zero attached hydrogens (tertiary/aromatic N) is 2. The third-order valence-electron chi connectivity index (χ3n) is 6.74. The lowest BCUT2D eigenvalue weighted by Gasteiger charge is -2.26. The van der Waals surface area contributed by atoms with Gasteiger partial charge in [0, 0.05) is 12.0 Å². The number of anilines is 1. The summed E-state index contributed by atoms with van der Waals surface area (Å²) in [7, 11) is 0. The SMILES string of the molecule is CC(C(C(=O)Nc1cc(CCC(=O)O)ccc1F)c1ccc(CN2N=C(c3ccccc3)OCC2=O)cc1)C(F)(F)F. The molecule has 1 aliphatic rings. The van der Waals surface area contributed by atoms with Crippen LogP contribution in [0.1, 0.15) is 41.5 Å². The molecule has 0 fully saturated rings. The Kier molecular flexibility index (Phi) is 9.24. The van der Waals surface area contributed by atoms with Crippen LogP contribution in [0.4, 0.5) is 23.2 Å². The summed E-state index contributed by atoms with van der Waals surface area (Å²) >= 11 is 0. The van der Waals surface area contributed by atoms with E-state index in [1.807, 2.05) is 6.07 Å². The molecule has 3 aromatic rings. The van der Waals surface area contributed by atoms with Crippen LogP contribution < -0.4 is 5.32 Å². The Morgan fingerprint density at radius 1 is 1.05 bits per heavy atom. The van der Waals surface area contributed by atoms with Gasteiger partial charge in [0.25, 0.3) is 5.91 Å². The highest BCUT2D eigenvalue weighted by molar-refractivity contribution is 5.98. The van der Waals surface area contributed by atoms with Crippen molar-refractivity contribution in [2.75, 3.05) is 11.9 Å². The maximum Gasteiger partial charge on any atom is 0.392 e. The average molecular weight is 586 g/mol. The third-order valence-corrected chi connectivity index (χ3v) is 6.74. The van der Waals surface area contributed by atoms with Crippen LogP contribution in [-0.4, -0.2) is 46.6 Å². The molecule has 1 aliphatic heterocycles. The van der Waals surface area contributed by atoms with Crippen LogP contribution >= 0.6 is 0 Å². The fourth-order valence-corrected chi connectivity index (χ4v) is 4.39. The predicted molar refractivity (Wildman–Crippen MR) is 145 cm³/mol. The molecule has 0 radical (unpaired) electrons. The second-order valence-corrected chi connectivity index (χ2v) is 9.76. The van der Waals surface area contributed by atoms with E-state index in [0.717, 1.165) is 13.0 Å². The van der Waals surface area contributed by atoms with Gasteiger partial charge in [-0.05, 0) is 47.4 Å². The summed E-state index contributed by atoms with van der Waals surface area (Å²) < 4.78 is 61.4. The topological polar surface area (TPSA) is 108 Å². The largest absolute Gasteiger partial charge is 0.481 e. The molecule has 3 aromatic carbocycles. The van der Waals surface area contributed by atoms with E-state index in [4.69, 9.17) is 9.84 Å². The quantitative estimate of drug-likeness (QED) is 0.306. The number of rotatable bonds is 10. The molecule has 220 valence electrons. The van der Waals surface area contributed by atoms with Crippen molar-refractivity contribution in [2.24, 2.45) is 11.0 Å². The molecule has 42 heavy (non-hydrogen) atoms. The van der Waals surface area contributed by atoms with Crippen LogP contribution in [0, 0.1) is 11.7 Å². The third kappa shape index (κ3) is 7.50. The molecule has 4 rings (SSSR count). The van der Waals surface area contributed by atoms with E-state index in [0.29, 0.717) is 16.7 Å². The van der Waals surface area contributed by atoms with Crippen molar-refractivity contribution in [1.82, 2.24) is 5.01 Å². The van der Waals surface area contributed by atoms with E-state index in [9.17, 15) is 31.9 Å². The van der Waals surface area contributed by atoms with Crippen LogP contribution in [0.3, 0.4) is 0 Å². The number of carbonyl (C=O) groups excluding carboxylic acids is 2. The number of carboxylic acid groups (broad SMARTS) is 1. The molecule has 0 bridgehead atoms. The number of amides is 2. The van der Waals surface area contributed by atoms with Gasteiger partial charge >= 0.3 is 12.1 Å². The highest BCUT2D eigenvalue weighted by Crippen LogP contribution is 2.38. The second-order valence-electron chi connectivity index (χ2n) is 9.76. The zero-order valence-corrected chi connectivity index (χ0v) is 22.4. The number of hydrogen-bond acceptors (Lipinski definition) is 5. The molecule has 2 N–H and O–H groups in total. The summed E-state index contributed by atoms with van der Waals surface area (Å²) in [4.78, 5) is 36.4. The highest BCUT2D eigenvalue weighted by Gasteiger charge is 2.45. The van der Waals surface area contributed by atoms with Gasteiger partial charge in [-0.15, -0.1) is 5.10 Å². The smallest absolute Gasteiger partial charge is 0.392 e. The molecule has 0 aliphatic carbocycles. The minimum absolute atomic E-state index is 0.0127. The molecule has 2 unspecified atom stereocenters. The number of hydrazone groups is 1. The van der Waals surface area contributed by atoms with Gasteiger partial charge in [-0.2, -0.15) is 13.2 Å². The van der Waals surface area contributed by atoms with Crippen LogP contribution in [0.15, 0.2) is 77.9 Å². The molecule has 12 heteroatoms. The number of carbonyl (C=O) groups is 3. The highest BCUT2D eigenvalue weighted by atomic mass is 19.4. The van der Waals surface area contributed by atoms with Crippen LogP contribution in [0.25, 0.3) is 0 Å². The van der Waals surface area contributed by atoms with Gasteiger partial charge in [0.05, 0.1) is 24.1 Å². The summed E-state index contributed by atoms with van der Waals surface area (Å²) in [6.45, 7) is 0.647. The summed E-state index contributed by atoms with van der Waals surface area (Å²) in [6.07, 6.45) is -4.94. The fourth-order valence-electron chi connectivity index (χ4n) is 4.39. The first-order valence-electron chi connectivity index (χ1n) is 13.0. The average Bonchev–Trinajstić information content (AvgIpc) is 2.95. The van der Waals surface area contributed by atoms with Gasteiger partial charge < -0.3 is 15.2 Å². The van der Waals surface area contributed by atoms with Gasteiger partial charge in [-0.3, -0.25) is 14.4 Å². The number of alkyl halides is 3. The Bertz CT molecular complexity index is 1480. The van der Waals surface area contributed by atoms with E-state index in [-0.39, 0.29) is 43.1 Å². The number of aryl methyl sites for hydroxylation is 1. The van der Waals surface area contributed by atoms with Crippen molar-refractivity contribution < 1.29 is 41.8 Å². The zero-order chi connectivity index (χ0) is 30.4. The van der Waals surface area contributed by atoms with Crippen molar-refractivity contribution in [3.8, 4) is 0 Å². The Hall–Kier alpha value is -4.74. The van der Waals surface area contributed by atoms with E-state index >= 15 is 0 Å². The van der Waals surface area contributed by atoms with Crippen LogP contribution in [-0.2, 0) is 32.1 Å². The van der Waals surface area contributed by atoms with Gasteiger partial charge in [0.15, 0.2) is 6.61 Å². The number of ether oxygens (including phenoxy) is 1. The van der Waals surface area contributed by atoms with Crippen LogP contribution in [0.2, 0.25) is 0 Å². The molecule has 0 aromatic heterocycles. The van der Waals surface area contributed by atoms with Crippen molar-refractivity contribution in [3.63, 3.8) is 0 Å². The lowest BCUT2D eigenvalue weighted by Crippen LogP contribution is -2.36. The van der Waals surface area contributed by atoms with Gasteiger partial charge in [0.1, 0.15) is 5.82 Å². The molecule has 2 amide bonds. The normalized spacial score (nSPS) is 14.9. The number of aliphatic carboxylic acids is 1. The summed E-state index contributed by atoms with van der Waals surface area (Å²) in [5.74, 6) is -7.04. The molecule has 0 spiro atoms. The molecule has 0 saturated heterocycles. The Labute approximate surface area is 238 Å². The molecule has 2 atom stereocenters.